The Balaban J connectivity index is 1.72. The topological polar surface area (TPSA) is 83.5 Å². The zero-order valence-electron chi connectivity index (χ0n) is 20.2. The minimum Gasteiger partial charge on any atom is -0.279 e. The van der Waals surface area contributed by atoms with Crippen molar-refractivity contribution in [1.82, 2.24) is 14.3 Å². The van der Waals surface area contributed by atoms with Crippen molar-refractivity contribution in [3.05, 3.63) is 83.2 Å². The lowest BCUT2D eigenvalue weighted by Gasteiger charge is -2.21. The first-order chi connectivity index (χ1) is 16.7. The number of aryl methyl sites for hydroxylation is 2. The number of fused-ring (bicyclic) bond motifs is 1. The maximum absolute atomic E-state index is 13.7. The number of sulfonamides is 1. The Morgan fingerprint density at radius 1 is 1.00 bits per heavy atom. The first-order valence-electron chi connectivity index (χ1n) is 11.4. The molecule has 182 valence electrons. The molecular formula is C26H28N4O3S2. The van der Waals surface area contributed by atoms with E-state index in [9.17, 15) is 13.2 Å². The number of hydrogen-bond donors (Lipinski definition) is 0. The van der Waals surface area contributed by atoms with Gasteiger partial charge in [-0.15, -0.1) is 0 Å². The van der Waals surface area contributed by atoms with Gasteiger partial charge in [-0.05, 0) is 73.0 Å². The molecule has 0 bridgehead atoms. The number of hydrogen-bond acceptors (Lipinski definition) is 6. The highest BCUT2D eigenvalue weighted by Crippen LogP contribution is 2.32. The molecule has 0 saturated heterocycles. The zero-order chi connectivity index (χ0) is 25.2. The van der Waals surface area contributed by atoms with E-state index in [0.717, 1.165) is 21.3 Å². The van der Waals surface area contributed by atoms with E-state index < -0.39 is 10.0 Å². The van der Waals surface area contributed by atoms with Crippen LogP contribution in [0.25, 0.3) is 10.2 Å². The van der Waals surface area contributed by atoms with Gasteiger partial charge in [-0.3, -0.25) is 14.7 Å². The Morgan fingerprint density at radius 2 is 1.69 bits per heavy atom. The van der Waals surface area contributed by atoms with Gasteiger partial charge in [0.15, 0.2) is 5.13 Å². The number of carbonyl (C=O) groups is 1. The number of pyridine rings is 1. The summed E-state index contributed by atoms with van der Waals surface area (Å²) in [6, 6.07) is 14.0. The molecule has 0 radical (unpaired) electrons. The molecule has 2 heterocycles. The van der Waals surface area contributed by atoms with Crippen molar-refractivity contribution in [3.63, 3.8) is 0 Å². The Morgan fingerprint density at radius 3 is 2.31 bits per heavy atom. The molecule has 4 aromatic rings. The minimum absolute atomic E-state index is 0.169. The molecule has 0 atom stereocenters. The summed E-state index contributed by atoms with van der Waals surface area (Å²) in [5, 5.41) is 0.582. The summed E-state index contributed by atoms with van der Waals surface area (Å²) in [4.78, 5) is 24.4. The second kappa shape index (κ2) is 10.2. The first-order valence-corrected chi connectivity index (χ1v) is 13.7. The molecule has 2 aromatic heterocycles. The van der Waals surface area contributed by atoms with Crippen LogP contribution in [0.4, 0.5) is 5.13 Å². The lowest BCUT2D eigenvalue weighted by atomic mass is 10.1. The summed E-state index contributed by atoms with van der Waals surface area (Å²) in [5.74, 6) is -0.256. The Kier molecular flexibility index (Phi) is 7.30. The van der Waals surface area contributed by atoms with Crippen molar-refractivity contribution in [1.29, 1.82) is 0 Å². The third kappa shape index (κ3) is 5.12. The average molecular weight is 509 g/mol. The average Bonchev–Trinajstić information content (AvgIpc) is 3.26. The van der Waals surface area contributed by atoms with E-state index in [1.165, 1.54) is 33.3 Å². The number of carbonyl (C=O) groups excluding carboxylic acids is 1. The molecule has 0 fully saturated rings. The van der Waals surface area contributed by atoms with Crippen LogP contribution in [0.1, 0.15) is 40.9 Å². The van der Waals surface area contributed by atoms with E-state index in [1.807, 2.05) is 25.1 Å². The molecule has 0 saturated carbocycles. The number of amides is 1. The maximum atomic E-state index is 13.7. The van der Waals surface area contributed by atoms with Crippen LogP contribution in [0.5, 0.6) is 0 Å². The molecule has 0 aliphatic heterocycles. The number of benzene rings is 2. The Labute approximate surface area is 210 Å². The predicted octanol–water partition coefficient (Wildman–Crippen LogP) is 5.19. The van der Waals surface area contributed by atoms with Gasteiger partial charge in [0.2, 0.25) is 10.0 Å². The SMILES string of the molecule is CCN(CC)S(=O)(=O)c1ccc(C(=O)N(Cc2cccnc2)c2nc3cc(C)c(C)cc3s2)cc1. The Hall–Kier alpha value is -3.14. The quantitative estimate of drug-likeness (QED) is 0.327. The van der Waals surface area contributed by atoms with Crippen LogP contribution < -0.4 is 4.90 Å². The van der Waals surface area contributed by atoms with Crippen molar-refractivity contribution in [2.75, 3.05) is 18.0 Å². The van der Waals surface area contributed by atoms with E-state index >= 15 is 0 Å². The first kappa shape index (κ1) is 25.0. The number of thiazole rings is 1. The van der Waals surface area contributed by atoms with Gasteiger partial charge >= 0.3 is 0 Å². The normalized spacial score (nSPS) is 11.8. The monoisotopic (exact) mass is 508 g/mol. The number of aromatic nitrogens is 2. The molecule has 0 spiro atoms. The largest absolute Gasteiger partial charge is 0.279 e. The third-order valence-electron chi connectivity index (χ3n) is 5.98. The van der Waals surface area contributed by atoms with E-state index in [-0.39, 0.29) is 10.8 Å². The molecule has 0 aliphatic rings. The van der Waals surface area contributed by atoms with Gasteiger partial charge in [-0.25, -0.2) is 13.4 Å². The highest BCUT2D eigenvalue weighted by Gasteiger charge is 2.25. The van der Waals surface area contributed by atoms with Crippen molar-refractivity contribution in [2.24, 2.45) is 0 Å². The van der Waals surface area contributed by atoms with Crippen LogP contribution in [-0.4, -0.2) is 41.7 Å². The molecule has 1 amide bonds. The van der Waals surface area contributed by atoms with Crippen LogP contribution in [-0.2, 0) is 16.6 Å². The van der Waals surface area contributed by atoms with Crippen LogP contribution in [0.15, 0.2) is 65.8 Å². The van der Waals surface area contributed by atoms with E-state index in [0.29, 0.717) is 30.3 Å². The summed E-state index contributed by atoms with van der Waals surface area (Å²) in [5.41, 5.74) is 4.41. The fraction of sp³-hybridized carbons (Fsp3) is 0.269. The molecule has 4 rings (SSSR count). The van der Waals surface area contributed by atoms with Gasteiger partial charge in [0, 0.05) is 31.0 Å². The van der Waals surface area contributed by atoms with E-state index in [2.05, 4.69) is 18.0 Å². The molecular weight excluding hydrogens is 480 g/mol. The lowest BCUT2D eigenvalue weighted by Crippen LogP contribution is -2.31. The van der Waals surface area contributed by atoms with Gasteiger partial charge in [0.1, 0.15) is 0 Å². The molecule has 9 heteroatoms. The van der Waals surface area contributed by atoms with E-state index in [4.69, 9.17) is 4.98 Å². The third-order valence-corrected chi connectivity index (χ3v) is 9.08. The fourth-order valence-corrected chi connectivity index (χ4v) is 6.32. The number of nitrogens with zero attached hydrogens (tertiary/aromatic N) is 4. The van der Waals surface area contributed by atoms with Crippen LogP contribution >= 0.6 is 11.3 Å². The number of rotatable bonds is 8. The minimum atomic E-state index is -3.60. The highest BCUT2D eigenvalue weighted by atomic mass is 32.2. The molecule has 7 nitrogen and oxygen atoms in total. The maximum Gasteiger partial charge on any atom is 0.260 e. The predicted molar refractivity (Wildman–Crippen MR) is 140 cm³/mol. The second-order valence-corrected chi connectivity index (χ2v) is 11.2. The smallest absolute Gasteiger partial charge is 0.260 e. The highest BCUT2D eigenvalue weighted by molar-refractivity contribution is 7.89. The molecule has 0 unspecified atom stereocenters. The lowest BCUT2D eigenvalue weighted by molar-refractivity contribution is 0.0985. The van der Waals surface area contributed by atoms with Crippen LogP contribution in [0.2, 0.25) is 0 Å². The molecule has 0 N–H and O–H groups in total. The van der Waals surface area contributed by atoms with Gasteiger partial charge < -0.3 is 0 Å². The summed E-state index contributed by atoms with van der Waals surface area (Å²) in [6.45, 7) is 8.76. The van der Waals surface area contributed by atoms with Gasteiger partial charge in [0.25, 0.3) is 5.91 Å². The van der Waals surface area contributed by atoms with E-state index in [1.54, 1.807) is 43.3 Å². The summed E-state index contributed by atoms with van der Waals surface area (Å²) in [7, 11) is -3.60. The zero-order valence-corrected chi connectivity index (χ0v) is 21.9. The van der Waals surface area contributed by atoms with Crippen LogP contribution in [0, 0.1) is 13.8 Å². The van der Waals surface area contributed by atoms with Gasteiger partial charge in [-0.1, -0.05) is 31.3 Å². The second-order valence-electron chi connectivity index (χ2n) is 8.27. The number of anilines is 1. The Bertz CT molecular complexity index is 1410. The van der Waals surface area contributed by atoms with Crippen molar-refractivity contribution in [3.8, 4) is 0 Å². The fourth-order valence-electron chi connectivity index (χ4n) is 3.82. The molecule has 0 aliphatic carbocycles. The van der Waals surface area contributed by atoms with Gasteiger partial charge in [-0.2, -0.15) is 4.31 Å². The molecule has 2 aromatic carbocycles. The summed E-state index contributed by atoms with van der Waals surface area (Å²) >= 11 is 1.46. The van der Waals surface area contributed by atoms with Gasteiger partial charge in [0.05, 0.1) is 21.7 Å². The molecule has 35 heavy (non-hydrogen) atoms. The van der Waals surface area contributed by atoms with Crippen molar-refractivity contribution in [2.45, 2.75) is 39.1 Å². The summed E-state index contributed by atoms with van der Waals surface area (Å²) < 4.78 is 28.1. The standard InChI is InChI=1S/C26H28N4O3S2/c1-5-29(6-2)35(32,33)22-11-9-21(10-12-22)25(31)30(17-20-8-7-13-27-16-20)26-28-23-14-18(3)19(4)15-24(23)34-26/h7-16H,5-6,17H2,1-4H3. The van der Waals surface area contributed by atoms with Crippen molar-refractivity contribution >= 4 is 42.6 Å². The van der Waals surface area contributed by atoms with Crippen molar-refractivity contribution < 1.29 is 13.2 Å². The summed E-state index contributed by atoms with van der Waals surface area (Å²) in [6.07, 6.45) is 3.41. The van der Waals surface area contributed by atoms with Crippen LogP contribution in [0.3, 0.4) is 0 Å².